The molecule has 0 spiro atoms. The van der Waals surface area contributed by atoms with Crippen LogP contribution in [0.1, 0.15) is 17.4 Å². The number of carbonyl (C=O) groups excluding carboxylic acids is 2. The van der Waals surface area contributed by atoms with Gasteiger partial charge in [0, 0.05) is 20.6 Å². The van der Waals surface area contributed by atoms with Crippen LogP contribution in [-0.2, 0) is 16.1 Å². The Kier molecular flexibility index (Phi) is 5.18. The molecule has 0 saturated heterocycles. The smallest absolute Gasteiger partial charge is 0.325 e. The number of hydrogen-bond donors (Lipinski definition) is 2. The molecule has 1 atom stereocenters. The standard InChI is InChI=1S/C11H17N5O4/c1-7(10(19)12-2)4-15(3)11(20)8-5-16(14-13-8)6-9(17)18/h5,7H,4,6H2,1-3H3,(H,12,19)(H,17,18). The van der Waals surface area contributed by atoms with Gasteiger partial charge in [-0.3, -0.25) is 14.4 Å². The summed E-state index contributed by atoms with van der Waals surface area (Å²) < 4.78 is 1.06. The van der Waals surface area contributed by atoms with Gasteiger partial charge in [0.25, 0.3) is 5.91 Å². The van der Waals surface area contributed by atoms with Crippen LogP contribution in [0, 0.1) is 5.92 Å². The Morgan fingerprint density at radius 1 is 1.50 bits per heavy atom. The minimum atomic E-state index is -1.07. The number of amides is 2. The molecule has 110 valence electrons. The summed E-state index contributed by atoms with van der Waals surface area (Å²) in [4.78, 5) is 35.3. The van der Waals surface area contributed by atoms with Gasteiger partial charge in [-0.15, -0.1) is 5.10 Å². The summed E-state index contributed by atoms with van der Waals surface area (Å²) in [6, 6.07) is 0. The first-order chi connectivity index (χ1) is 9.35. The van der Waals surface area contributed by atoms with E-state index < -0.39 is 11.9 Å². The third-order valence-electron chi connectivity index (χ3n) is 2.64. The van der Waals surface area contributed by atoms with E-state index in [2.05, 4.69) is 15.6 Å². The van der Waals surface area contributed by atoms with Gasteiger partial charge in [0.05, 0.1) is 12.1 Å². The van der Waals surface area contributed by atoms with E-state index in [1.54, 1.807) is 6.92 Å². The predicted octanol–water partition coefficient (Wildman–Crippen LogP) is -1.18. The van der Waals surface area contributed by atoms with Crippen LogP contribution in [0.25, 0.3) is 0 Å². The van der Waals surface area contributed by atoms with Crippen LogP contribution >= 0.6 is 0 Å². The maximum Gasteiger partial charge on any atom is 0.325 e. The molecule has 0 aliphatic heterocycles. The van der Waals surface area contributed by atoms with Crippen LogP contribution in [0.2, 0.25) is 0 Å². The molecule has 9 nitrogen and oxygen atoms in total. The molecule has 2 N–H and O–H groups in total. The van der Waals surface area contributed by atoms with Crippen molar-refractivity contribution in [2.45, 2.75) is 13.5 Å². The number of carboxylic acid groups (broad SMARTS) is 1. The lowest BCUT2D eigenvalue weighted by Gasteiger charge is -2.19. The number of aliphatic carboxylic acids is 1. The maximum atomic E-state index is 12.0. The minimum absolute atomic E-state index is 0.0397. The van der Waals surface area contributed by atoms with Crippen molar-refractivity contribution in [3.8, 4) is 0 Å². The number of carbonyl (C=O) groups is 3. The summed E-state index contributed by atoms with van der Waals surface area (Å²) in [6.45, 7) is 1.56. The fraction of sp³-hybridized carbons (Fsp3) is 0.545. The number of carboxylic acids is 1. The van der Waals surface area contributed by atoms with Crippen molar-refractivity contribution in [2.75, 3.05) is 20.6 Å². The van der Waals surface area contributed by atoms with Gasteiger partial charge in [0.2, 0.25) is 5.91 Å². The molecular weight excluding hydrogens is 266 g/mol. The van der Waals surface area contributed by atoms with Crippen molar-refractivity contribution >= 4 is 17.8 Å². The zero-order valence-corrected chi connectivity index (χ0v) is 11.5. The SMILES string of the molecule is CNC(=O)C(C)CN(C)C(=O)c1cn(CC(=O)O)nn1. The molecular formula is C11H17N5O4. The van der Waals surface area contributed by atoms with Crippen LogP contribution in [0.5, 0.6) is 0 Å². The van der Waals surface area contributed by atoms with Crippen LogP contribution in [-0.4, -0.2) is 63.4 Å². The molecule has 0 saturated carbocycles. The second kappa shape index (κ2) is 6.64. The van der Waals surface area contributed by atoms with E-state index in [0.29, 0.717) is 0 Å². The van der Waals surface area contributed by atoms with E-state index >= 15 is 0 Å². The van der Waals surface area contributed by atoms with Gasteiger partial charge in [-0.1, -0.05) is 12.1 Å². The predicted molar refractivity (Wildman–Crippen MR) is 67.8 cm³/mol. The quantitative estimate of drug-likeness (QED) is 0.678. The van der Waals surface area contributed by atoms with Crippen molar-refractivity contribution in [1.82, 2.24) is 25.2 Å². The molecule has 0 aliphatic rings. The summed E-state index contributed by atoms with van der Waals surface area (Å²) in [5.41, 5.74) is 0.0397. The number of nitrogens with zero attached hydrogens (tertiary/aromatic N) is 4. The van der Waals surface area contributed by atoms with Gasteiger partial charge in [-0.25, -0.2) is 4.68 Å². The molecule has 1 unspecified atom stereocenters. The second-order valence-electron chi connectivity index (χ2n) is 4.40. The van der Waals surface area contributed by atoms with E-state index in [0.717, 1.165) is 4.68 Å². The number of aromatic nitrogens is 3. The highest BCUT2D eigenvalue weighted by Gasteiger charge is 2.20. The number of nitrogens with one attached hydrogen (secondary N) is 1. The summed E-state index contributed by atoms with van der Waals surface area (Å²) in [7, 11) is 3.07. The molecule has 0 aromatic carbocycles. The molecule has 20 heavy (non-hydrogen) atoms. The van der Waals surface area contributed by atoms with Crippen LogP contribution in [0.4, 0.5) is 0 Å². The third-order valence-corrected chi connectivity index (χ3v) is 2.64. The Hall–Kier alpha value is -2.45. The van der Waals surface area contributed by atoms with Gasteiger partial charge in [0.15, 0.2) is 5.69 Å². The Labute approximate surface area is 115 Å². The lowest BCUT2D eigenvalue weighted by atomic mass is 10.1. The molecule has 0 aliphatic carbocycles. The number of hydrogen-bond acceptors (Lipinski definition) is 5. The maximum absolute atomic E-state index is 12.0. The normalized spacial score (nSPS) is 11.8. The van der Waals surface area contributed by atoms with Crippen molar-refractivity contribution < 1.29 is 19.5 Å². The lowest BCUT2D eigenvalue weighted by Crippen LogP contribution is -2.37. The van der Waals surface area contributed by atoms with Gasteiger partial charge in [-0.05, 0) is 0 Å². The molecule has 1 rings (SSSR count). The fourth-order valence-electron chi connectivity index (χ4n) is 1.63. The van der Waals surface area contributed by atoms with Gasteiger partial charge in [-0.2, -0.15) is 0 Å². The Morgan fingerprint density at radius 3 is 2.70 bits per heavy atom. The van der Waals surface area contributed by atoms with Crippen LogP contribution in [0.3, 0.4) is 0 Å². The van der Waals surface area contributed by atoms with E-state index in [1.807, 2.05) is 0 Å². The summed E-state index contributed by atoms with van der Waals surface area (Å²) >= 11 is 0. The van der Waals surface area contributed by atoms with Crippen molar-refractivity contribution in [3.63, 3.8) is 0 Å². The first kappa shape index (κ1) is 15.6. The minimum Gasteiger partial charge on any atom is -0.480 e. The molecule has 9 heteroatoms. The largest absolute Gasteiger partial charge is 0.480 e. The van der Waals surface area contributed by atoms with E-state index in [9.17, 15) is 14.4 Å². The summed E-state index contributed by atoms with van der Waals surface area (Å²) in [5, 5.41) is 18.3. The van der Waals surface area contributed by atoms with Crippen molar-refractivity contribution in [3.05, 3.63) is 11.9 Å². The monoisotopic (exact) mass is 283 g/mol. The molecule has 1 aromatic rings. The van der Waals surface area contributed by atoms with E-state index in [1.165, 1.54) is 25.2 Å². The highest BCUT2D eigenvalue weighted by molar-refractivity contribution is 5.92. The van der Waals surface area contributed by atoms with Crippen molar-refractivity contribution in [2.24, 2.45) is 5.92 Å². The van der Waals surface area contributed by atoms with E-state index in [-0.39, 0.29) is 30.6 Å². The topological polar surface area (TPSA) is 117 Å². The van der Waals surface area contributed by atoms with Crippen molar-refractivity contribution in [1.29, 1.82) is 0 Å². The van der Waals surface area contributed by atoms with E-state index in [4.69, 9.17) is 5.11 Å². The average molecular weight is 283 g/mol. The molecule has 2 amide bonds. The lowest BCUT2D eigenvalue weighted by molar-refractivity contribution is -0.138. The fourth-order valence-corrected chi connectivity index (χ4v) is 1.63. The molecule has 0 bridgehead atoms. The molecule has 0 fully saturated rings. The van der Waals surface area contributed by atoms with Gasteiger partial charge in [0.1, 0.15) is 6.54 Å². The first-order valence-electron chi connectivity index (χ1n) is 5.94. The Morgan fingerprint density at radius 2 is 2.15 bits per heavy atom. The highest BCUT2D eigenvalue weighted by Crippen LogP contribution is 2.03. The number of rotatable bonds is 6. The van der Waals surface area contributed by atoms with Crippen LogP contribution < -0.4 is 5.32 Å². The zero-order valence-electron chi connectivity index (χ0n) is 11.5. The average Bonchev–Trinajstić information content (AvgIpc) is 2.84. The van der Waals surface area contributed by atoms with Gasteiger partial charge >= 0.3 is 5.97 Å². The Balaban J connectivity index is 2.67. The highest BCUT2D eigenvalue weighted by atomic mass is 16.4. The Bertz CT molecular complexity index is 513. The summed E-state index contributed by atoms with van der Waals surface area (Å²) in [5.74, 6) is -2.02. The molecule has 1 aromatic heterocycles. The summed E-state index contributed by atoms with van der Waals surface area (Å²) in [6.07, 6.45) is 1.26. The molecule has 0 radical (unpaired) electrons. The third kappa shape index (κ3) is 4.04. The van der Waals surface area contributed by atoms with Crippen LogP contribution in [0.15, 0.2) is 6.20 Å². The first-order valence-corrected chi connectivity index (χ1v) is 5.94. The molecule has 1 heterocycles. The second-order valence-corrected chi connectivity index (χ2v) is 4.40. The zero-order chi connectivity index (χ0) is 15.3. The van der Waals surface area contributed by atoms with Gasteiger partial charge < -0.3 is 15.3 Å².